The average molecular weight is 662 g/mol. The van der Waals surface area contributed by atoms with Crippen molar-refractivity contribution in [1.82, 2.24) is 5.32 Å². The van der Waals surface area contributed by atoms with Gasteiger partial charge in [-0.3, -0.25) is 4.79 Å². The fraction of sp³-hybridized carbons (Fsp3) is 0.310. The zero-order valence-corrected chi connectivity index (χ0v) is 24.3. The maximum absolute atomic E-state index is 14.1. The van der Waals surface area contributed by atoms with Gasteiger partial charge in [0.05, 0.1) is 25.9 Å². The Labute approximate surface area is 244 Å². The van der Waals surface area contributed by atoms with Crippen LogP contribution in [0.25, 0.3) is 0 Å². The smallest absolute Gasteiger partial charge is 0.253 e. The lowest BCUT2D eigenvalue weighted by molar-refractivity contribution is -0.130. The van der Waals surface area contributed by atoms with Gasteiger partial charge >= 0.3 is 0 Å². The number of aliphatic imine (C=N–C) groups is 1. The highest BCUT2D eigenvalue weighted by molar-refractivity contribution is 9.10. The zero-order chi connectivity index (χ0) is 27.8. The van der Waals surface area contributed by atoms with Gasteiger partial charge in [-0.05, 0) is 53.6 Å². The Morgan fingerprint density at radius 2 is 1.69 bits per heavy atom. The van der Waals surface area contributed by atoms with Crippen LogP contribution >= 0.6 is 31.9 Å². The fourth-order valence-electron chi connectivity index (χ4n) is 4.31. The molecule has 1 heterocycles. The number of rotatable bonds is 12. The first kappa shape index (κ1) is 29.2. The van der Waals surface area contributed by atoms with Crippen molar-refractivity contribution in [2.24, 2.45) is 4.99 Å². The van der Waals surface area contributed by atoms with E-state index in [4.69, 9.17) is 19.6 Å². The van der Waals surface area contributed by atoms with E-state index < -0.39 is 36.8 Å². The summed E-state index contributed by atoms with van der Waals surface area (Å²) in [6, 6.07) is 21.4. The minimum absolute atomic E-state index is 0.0509. The fourth-order valence-corrected chi connectivity index (χ4v) is 5.00. The van der Waals surface area contributed by atoms with E-state index in [-0.39, 0.29) is 18.9 Å². The summed E-state index contributed by atoms with van der Waals surface area (Å²) in [6.45, 7) is -0.405. The molecule has 0 aromatic heterocycles. The highest BCUT2D eigenvalue weighted by Crippen LogP contribution is 2.43. The van der Waals surface area contributed by atoms with Crippen LogP contribution in [0.2, 0.25) is 0 Å². The molecule has 0 saturated carbocycles. The summed E-state index contributed by atoms with van der Waals surface area (Å²) >= 11 is 7.07. The first-order valence-corrected chi connectivity index (χ1v) is 14.1. The lowest BCUT2D eigenvalue weighted by atomic mass is 9.81. The number of nitrogens with zero attached hydrogens (tertiary/aromatic N) is 1. The van der Waals surface area contributed by atoms with Crippen LogP contribution in [0.1, 0.15) is 29.2 Å². The second kappa shape index (κ2) is 13.5. The van der Waals surface area contributed by atoms with E-state index >= 15 is 0 Å². The number of aliphatic hydroxyl groups is 3. The molecule has 0 aliphatic carbocycles. The summed E-state index contributed by atoms with van der Waals surface area (Å²) in [4.78, 5) is 19.0. The first-order chi connectivity index (χ1) is 18.9. The third kappa shape index (κ3) is 6.88. The molecule has 4 rings (SSSR count). The molecule has 1 aliphatic rings. The van der Waals surface area contributed by atoms with Crippen molar-refractivity contribution >= 4 is 43.7 Å². The van der Waals surface area contributed by atoms with E-state index in [2.05, 4.69) is 37.2 Å². The van der Waals surface area contributed by atoms with Crippen LogP contribution in [0.4, 0.5) is 0 Å². The van der Waals surface area contributed by atoms with Crippen LogP contribution in [0.5, 0.6) is 5.75 Å². The summed E-state index contributed by atoms with van der Waals surface area (Å²) < 4.78 is 13.8. The van der Waals surface area contributed by atoms with Crippen molar-refractivity contribution < 1.29 is 29.6 Å². The van der Waals surface area contributed by atoms with Crippen molar-refractivity contribution in [2.75, 3.05) is 26.4 Å². The van der Waals surface area contributed by atoms with Gasteiger partial charge in [0.2, 0.25) is 5.90 Å². The van der Waals surface area contributed by atoms with E-state index in [0.717, 1.165) is 20.1 Å². The SMILES string of the molecule is O=C(NC(CO)CO)[C@]1(Cc2ccccc2Br)N=C(c2ccc(OCCCO)cc2)O[C@@H]1c1ccc(Br)cc1. The number of hydrogen-bond acceptors (Lipinski definition) is 7. The molecule has 3 aromatic carbocycles. The van der Waals surface area contributed by atoms with Gasteiger partial charge in [0, 0.05) is 34.0 Å². The minimum Gasteiger partial charge on any atom is -0.494 e. The number of carbonyl (C=O) groups excluding carboxylic acids is 1. The predicted octanol–water partition coefficient (Wildman–Crippen LogP) is 3.94. The molecule has 0 radical (unpaired) electrons. The Morgan fingerprint density at radius 1 is 1.00 bits per heavy atom. The molecule has 1 amide bonds. The highest BCUT2D eigenvalue weighted by atomic mass is 79.9. The first-order valence-electron chi connectivity index (χ1n) is 12.5. The van der Waals surface area contributed by atoms with Crippen LogP contribution in [-0.4, -0.2) is 65.1 Å². The van der Waals surface area contributed by atoms with Crippen molar-refractivity contribution in [1.29, 1.82) is 0 Å². The molecular weight excluding hydrogens is 632 g/mol. The van der Waals surface area contributed by atoms with Crippen LogP contribution in [0, 0.1) is 0 Å². The van der Waals surface area contributed by atoms with E-state index in [0.29, 0.717) is 24.3 Å². The molecule has 206 valence electrons. The van der Waals surface area contributed by atoms with Crippen LogP contribution in [-0.2, 0) is 16.0 Å². The molecule has 39 heavy (non-hydrogen) atoms. The standard InChI is InChI=1S/C29H30Br2N2O6/c30-22-10-6-19(7-11-22)26-29(28(37)32-23(17-35)18-36,16-21-4-1-2-5-25(21)31)33-27(39-26)20-8-12-24(13-9-20)38-15-3-14-34/h1-2,4-13,23,26,34-36H,3,14-18H2,(H,32,37)/t26-,29-/m1/s1. The molecule has 8 nitrogen and oxygen atoms in total. The van der Waals surface area contributed by atoms with Crippen LogP contribution in [0.15, 0.2) is 86.7 Å². The molecule has 0 saturated heterocycles. The van der Waals surface area contributed by atoms with Gasteiger partial charge in [0.25, 0.3) is 5.91 Å². The summed E-state index contributed by atoms with van der Waals surface area (Å²) in [7, 11) is 0. The lowest BCUT2D eigenvalue weighted by Gasteiger charge is -2.32. The maximum Gasteiger partial charge on any atom is 0.253 e. The number of benzene rings is 3. The Kier molecular flexibility index (Phi) is 10.1. The van der Waals surface area contributed by atoms with Gasteiger partial charge in [-0.15, -0.1) is 0 Å². The normalized spacial score (nSPS) is 18.5. The zero-order valence-electron chi connectivity index (χ0n) is 21.1. The van der Waals surface area contributed by atoms with Crippen molar-refractivity contribution in [3.8, 4) is 5.75 Å². The molecule has 0 unspecified atom stereocenters. The monoisotopic (exact) mass is 660 g/mol. The number of hydrogen-bond donors (Lipinski definition) is 4. The summed E-state index contributed by atoms with van der Waals surface area (Å²) in [5, 5.41) is 31.2. The van der Waals surface area contributed by atoms with Gasteiger partial charge in [-0.25, -0.2) is 4.99 Å². The van der Waals surface area contributed by atoms with E-state index in [1.807, 2.05) is 60.7 Å². The minimum atomic E-state index is -1.45. The Morgan fingerprint density at radius 3 is 2.33 bits per heavy atom. The Hall–Kier alpha value is -2.76. The maximum atomic E-state index is 14.1. The molecule has 4 N–H and O–H groups in total. The molecule has 0 fully saturated rings. The third-order valence-electron chi connectivity index (χ3n) is 6.40. The number of nitrogens with one attached hydrogen (secondary N) is 1. The number of ether oxygens (including phenoxy) is 2. The quantitative estimate of drug-likeness (QED) is 0.218. The number of carbonyl (C=O) groups is 1. The summed E-state index contributed by atoms with van der Waals surface area (Å²) in [6.07, 6.45) is -0.0793. The molecular formula is C29H30Br2N2O6. The van der Waals surface area contributed by atoms with Crippen LogP contribution < -0.4 is 10.1 Å². The molecule has 1 aliphatic heterocycles. The van der Waals surface area contributed by atoms with E-state index in [1.165, 1.54) is 0 Å². The summed E-state index contributed by atoms with van der Waals surface area (Å²) in [5.74, 6) is 0.455. The van der Waals surface area contributed by atoms with Gasteiger partial charge in [0.1, 0.15) is 5.75 Å². The van der Waals surface area contributed by atoms with Crippen LogP contribution in [0.3, 0.4) is 0 Å². The molecule has 0 bridgehead atoms. The number of aliphatic hydroxyl groups excluding tert-OH is 3. The Bertz CT molecular complexity index is 1280. The molecule has 2 atom stereocenters. The number of amides is 1. The molecule has 0 spiro atoms. The highest BCUT2D eigenvalue weighted by Gasteiger charge is 2.53. The van der Waals surface area contributed by atoms with Crippen molar-refractivity contribution in [3.63, 3.8) is 0 Å². The topological polar surface area (TPSA) is 121 Å². The second-order valence-corrected chi connectivity index (χ2v) is 10.9. The van der Waals surface area contributed by atoms with Gasteiger partial charge in [-0.1, -0.05) is 62.2 Å². The lowest BCUT2D eigenvalue weighted by Crippen LogP contribution is -2.54. The largest absolute Gasteiger partial charge is 0.494 e. The summed E-state index contributed by atoms with van der Waals surface area (Å²) in [5.41, 5.74) is 0.800. The second-order valence-electron chi connectivity index (χ2n) is 9.14. The number of halogens is 2. The molecule has 10 heteroatoms. The van der Waals surface area contributed by atoms with Crippen molar-refractivity contribution in [3.05, 3.63) is 98.4 Å². The predicted molar refractivity (Wildman–Crippen MR) is 155 cm³/mol. The van der Waals surface area contributed by atoms with Gasteiger partial charge in [-0.2, -0.15) is 0 Å². The van der Waals surface area contributed by atoms with E-state index in [9.17, 15) is 15.0 Å². The Balaban J connectivity index is 1.80. The van der Waals surface area contributed by atoms with Gasteiger partial charge < -0.3 is 30.1 Å². The van der Waals surface area contributed by atoms with Gasteiger partial charge in [0.15, 0.2) is 11.6 Å². The molecule has 3 aromatic rings. The third-order valence-corrected chi connectivity index (χ3v) is 7.70. The average Bonchev–Trinajstić information content (AvgIpc) is 3.34. The van der Waals surface area contributed by atoms with Crippen molar-refractivity contribution in [2.45, 2.75) is 30.5 Å². The van der Waals surface area contributed by atoms with E-state index in [1.54, 1.807) is 12.1 Å².